The van der Waals surface area contributed by atoms with E-state index in [2.05, 4.69) is 26.0 Å². The van der Waals surface area contributed by atoms with E-state index in [-0.39, 0.29) is 0 Å². The van der Waals surface area contributed by atoms with Gasteiger partial charge in [-0.2, -0.15) is 0 Å². The highest BCUT2D eigenvalue weighted by Gasteiger charge is 2.10. The lowest BCUT2D eigenvalue weighted by Gasteiger charge is -2.10. The third kappa shape index (κ3) is 3.86. The van der Waals surface area contributed by atoms with Gasteiger partial charge in [-0.3, -0.25) is 0 Å². The lowest BCUT2D eigenvalue weighted by Crippen LogP contribution is -2.29. The molecule has 0 radical (unpaired) electrons. The second-order valence-corrected chi connectivity index (χ2v) is 5.13. The molecule has 2 aromatic rings. The van der Waals surface area contributed by atoms with Gasteiger partial charge in [-0.25, -0.2) is 0 Å². The summed E-state index contributed by atoms with van der Waals surface area (Å²) in [5.74, 6) is 1.32. The van der Waals surface area contributed by atoms with E-state index in [1.165, 1.54) is 5.56 Å². The van der Waals surface area contributed by atoms with Crippen LogP contribution < -0.4 is 10.2 Å². The molecule has 0 unspecified atom stereocenters. The molecule has 2 rings (SSSR count). The number of hydrogen-bond donors (Lipinski definition) is 2. The summed E-state index contributed by atoms with van der Waals surface area (Å²) in [7, 11) is -1.44. The molecule has 0 fully saturated rings. The highest BCUT2D eigenvalue weighted by atomic mass is 16.5. The predicted octanol–water partition coefficient (Wildman–Crippen LogP) is 2.07. The van der Waals surface area contributed by atoms with Crippen LogP contribution in [0.5, 0.6) is 5.75 Å². The third-order valence-corrected chi connectivity index (χ3v) is 3.20. The quantitative estimate of drug-likeness (QED) is 0.818. The minimum Gasteiger partial charge on any atom is -0.489 e. The van der Waals surface area contributed by atoms with Crippen molar-refractivity contribution in [2.24, 2.45) is 0 Å². The standard InChI is InChI=1S/C16H19BO3/c1-12(2)14-6-8-16(9-7-14)20-11-13-4-3-5-15(10-13)17(18)19/h3-10,12,18-19H,11H2,1-2H3. The molecule has 0 amide bonds. The molecule has 0 atom stereocenters. The zero-order chi connectivity index (χ0) is 14.5. The summed E-state index contributed by atoms with van der Waals surface area (Å²) in [5.41, 5.74) is 2.66. The van der Waals surface area contributed by atoms with Gasteiger partial charge in [-0.05, 0) is 34.6 Å². The Hall–Kier alpha value is -1.78. The van der Waals surface area contributed by atoms with Gasteiger partial charge in [0.2, 0.25) is 0 Å². The van der Waals surface area contributed by atoms with Gasteiger partial charge in [-0.15, -0.1) is 0 Å². The fourth-order valence-corrected chi connectivity index (χ4v) is 1.96. The summed E-state index contributed by atoms with van der Waals surface area (Å²) < 4.78 is 5.70. The Morgan fingerprint density at radius 1 is 1.05 bits per heavy atom. The van der Waals surface area contributed by atoms with Gasteiger partial charge in [0, 0.05) is 0 Å². The van der Waals surface area contributed by atoms with Crippen molar-refractivity contribution in [2.75, 3.05) is 0 Å². The average molecular weight is 270 g/mol. The molecule has 0 spiro atoms. The molecule has 2 aromatic carbocycles. The van der Waals surface area contributed by atoms with Crippen molar-refractivity contribution in [1.29, 1.82) is 0 Å². The molecule has 104 valence electrons. The van der Waals surface area contributed by atoms with E-state index in [0.29, 0.717) is 18.0 Å². The number of ether oxygens (including phenoxy) is 1. The van der Waals surface area contributed by atoms with E-state index in [4.69, 9.17) is 14.8 Å². The fraction of sp³-hybridized carbons (Fsp3) is 0.250. The van der Waals surface area contributed by atoms with Crippen molar-refractivity contribution in [1.82, 2.24) is 0 Å². The monoisotopic (exact) mass is 270 g/mol. The first-order valence-electron chi connectivity index (χ1n) is 6.74. The van der Waals surface area contributed by atoms with Crippen LogP contribution in [0.2, 0.25) is 0 Å². The van der Waals surface area contributed by atoms with Crippen molar-refractivity contribution in [3.8, 4) is 5.75 Å². The molecule has 0 bridgehead atoms. The van der Waals surface area contributed by atoms with Crippen LogP contribution in [0.1, 0.15) is 30.9 Å². The van der Waals surface area contributed by atoms with Crippen LogP contribution in [0.25, 0.3) is 0 Å². The first kappa shape index (κ1) is 14.6. The van der Waals surface area contributed by atoms with E-state index in [1.807, 2.05) is 18.2 Å². The molecular weight excluding hydrogens is 251 g/mol. The Kier molecular flexibility index (Phi) is 4.82. The van der Waals surface area contributed by atoms with E-state index < -0.39 is 7.12 Å². The van der Waals surface area contributed by atoms with Crippen LogP contribution >= 0.6 is 0 Å². The normalized spacial score (nSPS) is 10.7. The zero-order valence-electron chi connectivity index (χ0n) is 11.8. The Balaban J connectivity index is 1.99. The van der Waals surface area contributed by atoms with Gasteiger partial charge in [0.1, 0.15) is 12.4 Å². The molecule has 0 saturated carbocycles. The predicted molar refractivity (Wildman–Crippen MR) is 81.1 cm³/mol. The number of benzene rings is 2. The van der Waals surface area contributed by atoms with Gasteiger partial charge in [0.25, 0.3) is 0 Å². The lowest BCUT2D eigenvalue weighted by molar-refractivity contribution is 0.306. The summed E-state index contributed by atoms with van der Waals surface area (Å²) in [6.45, 7) is 4.71. The second-order valence-electron chi connectivity index (χ2n) is 5.13. The van der Waals surface area contributed by atoms with E-state index in [9.17, 15) is 0 Å². The highest BCUT2D eigenvalue weighted by Crippen LogP contribution is 2.19. The van der Waals surface area contributed by atoms with Crippen molar-refractivity contribution < 1.29 is 14.8 Å². The average Bonchev–Trinajstić information content (AvgIpc) is 2.46. The number of rotatable bonds is 5. The molecule has 0 aromatic heterocycles. The smallest absolute Gasteiger partial charge is 0.488 e. The Labute approximate surface area is 120 Å². The highest BCUT2D eigenvalue weighted by molar-refractivity contribution is 6.58. The molecule has 0 aliphatic carbocycles. The van der Waals surface area contributed by atoms with Gasteiger partial charge in [0.05, 0.1) is 0 Å². The SMILES string of the molecule is CC(C)c1ccc(OCc2cccc(B(O)O)c2)cc1. The van der Waals surface area contributed by atoms with Crippen LogP contribution in [0.4, 0.5) is 0 Å². The van der Waals surface area contributed by atoms with Gasteiger partial charge >= 0.3 is 7.12 Å². The van der Waals surface area contributed by atoms with Gasteiger partial charge in [-0.1, -0.05) is 50.2 Å². The Morgan fingerprint density at radius 3 is 2.35 bits per heavy atom. The van der Waals surface area contributed by atoms with Crippen molar-refractivity contribution >= 4 is 12.6 Å². The summed E-state index contributed by atoms with van der Waals surface area (Å²) in [5, 5.41) is 18.3. The van der Waals surface area contributed by atoms with Crippen LogP contribution in [0.3, 0.4) is 0 Å². The maximum atomic E-state index is 9.13. The molecule has 0 aliphatic heterocycles. The first-order valence-corrected chi connectivity index (χ1v) is 6.74. The van der Waals surface area contributed by atoms with Crippen LogP contribution in [-0.2, 0) is 6.61 Å². The van der Waals surface area contributed by atoms with Crippen molar-refractivity contribution in [3.05, 3.63) is 59.7 Å². The van der Waals surface area contributed by atoms with Crippen LogP contribution in [0, 0.1) is 0 Å². The van der Waals surface area contributed by atoms with Gasteiger partial charge < -0.3 is 14.8 Å². The largest absolute Gasteiger partial charge is 0.489 e. The summed E-state index contributed by atoms with van der Waals surface area (Å²) in [6, 6.07) is 15.1. The summed E-state index contributed by atoms with van der Waals surface area (Å²) in [6.07, 6.45) is 0. The maximum absolute atomic E-state index is 9.13. The molecule has 2 N–H and O–H groups in total. The Morgan fingerprint density at radius 2 is 1.75 bits per heavy atom. The lowest BCUT2D eigenvalue weighted by atomic mass is 9.80. The fourth-order valence-electron chi connectivity index (χ4n) is 1.96. The van der Waals surface area contributed by atoms with Crippen LogP contribution in [0.15, 0.2) is 48.5 Å². The minimum absolute atomic E-state index is 0.404. The molecule has 0 aliphatic rings. The minimum atomic E-state index is -1.44. The maximum Gasteiger partial charge on any atom is 0.488 e. The van der Waals surface area contributed by atoms with Crippen LogP contribution in [-0.4, -0.2) is 17.2 Å². The van der Waals surface area contributed by atoms with Gasteiger partial charge in [0.15, 0.2) is 0 Å². The number of hydrogen-bond acceptors (Lipinski definition) is 3. The van der Waals surface area contributed by atoms with Crippen molar-refractivity contribution in [3.63, 3.8) is 0 Å². The zero-order valence-corrected chi connectivity index (χ0v) is 11.8. The second kappa shape index (κ2) is 6.59. The van der Waals surface area contributed by atoms with E-state index in [0.717, 1.165) is 11.3 Å². The van der Waals surface area contributed by atoms with E-state index >= 15 is 0 Å². The van der Waals surface area contributed by atoms with Crippen molar-refractivity contribution in [2.45, 2.75) is 26.4 Å². The van der Waals surface area contributed by atoms with E-state index in [1.54, 1.807) is 18.2 Å². The molecule has 0 saturated heterocycles. The third-order valence-electron chi connectivity index (χ3n) is 3.20. The summed E-state index contributed by atoms with van der Waals surface area (Å²) >= 11 is 0. The topological polar surface area (TPSA) is 49.7 Å². The molecule has 20 heavy (non-hydrogen) atoms. The molecule has 4 heteroatoms. The molecule has 3 nitrogen and oxygen atoms in total. The Bertz CT molecular complexity index is 550. The first-order chi connectivity index (χ1) is 9.56. The summed E-state index contributed by atoms with van der Waals surface area (Å²) in [4.78, 5) is 0. The molecule has 0 heterocycles. The molecular formula is C16H19BO3.